The maximum absolute atomic E-state index is 11.4. The minimum absolute atomic E-state index is 0.0825. The van der Waals surface area contributed by atoms with Crippen LogP contribution in [0.1, 0.15) is 19.4 Å². The molecule has 1 aromatic rings. The molecule has 1 aromatic carbocycles. The molecule has 0 fully saturated rings. The molecule has 74 valence electrons. The topological polar surface area (TPSA) is 17.1 Å². The van der Waals surface area contributed by atoms with Crippen molar-refractivity contribution < 1.29 is 4.79 Å². The molecule has 1 nitrogen and oxygen atoms in total. The molecule has 0 aromatic heterocycles. The van der Waals surface area contributed by atoms with Gasteiger partial charge in [-0.3, -0.25) is 4.79 Å². The van der Waals surface area contributed by atoms with Gasteiger partial charge in [0.1, 0.15) is 0 Å². The Balaban J connectivity index is 2.69. The van der Waals surface area contributed by atoms with Gasteiger partial charge in [0.05, 0.1) is 0 Å². The van der Waals surface area contributed by atoms with Crippen LogP contribution in [0.15, 0.2) is 35.7 Å². The van der Waals surface area contributed by atoms with Gasteiger partial charge in [-0.15, -0.1) is 0 Å². The first-order valence-electron chi connectivity index (χ1n) is 4.57. The highest BCUT2D eigenvalue weighted by atomic mass is 32.2. The van der Waals surface area contributed by atoms with Crippen LogP contribution in [-0.4, -0.2) is 5.12 Å². The fourth-order valence-electron chi connectivity index (χ4n) is 0.906. The van der Waals surface area contributed by atoms with Crippen molar-refractivity contribution in [2.75, 3.05) is 0 Å². The Morgan fingerprint density at radius 1 is 1.36 bits per heavy atom. The molecule has 0 radical (unpaired) electrons. The third-order valence-electron chi connectivity index (χ3n) is 1.81. The fraction of sp³-hybridized carbons (Fsp3) is 0.250. The van der Waals surface area contributed by atoms with E-state index in [-0.39, 0.29) is 11.0 Å². The van der Waals surface area contributed by atoms with E-state index in [1.54, 1.807) is 6.08 Å². The lowest BCUT2D eigenvalue weighted by atomic mass is 10.2. The van der Waals surface area contributed by atoms with E-state index in [1.807, 2.05) is 38.1 Å². The first-order valence-corrected chi connectivity index (χ1v) is 5.39. The van der Waals surface area contributed by atoms with Gasteiger partial charge < -0.3 is 0 Å². The van der Waals surface area contributed by atoms with Crippen LogP contribution in [0, 0.1) is 5.92 Å². The number of carbonyl (C=O) groups excluding carboxylic acids is 1. The van der Waals surface area contributed by atoms with Gasteiger partial charge in [0.15, 0.2) is 5.12 Å². The van der Waals surface area contributed by atoms with Gasteiger partial charge >= 0.3 is 0 Å². The van der Waals surface area contributed by atoms with Crippen molar-refractivity contribution in [3.8, 4) is 0 Å². The summed E-state index contributed by atoms with van der Waals surface area (Å²) in [5, 5.41) is 0.205. The van der Waals surface area contributed by atoms with E-state index in [0.717, 1.165) is 10.5 Å². The summed E-state index contributed by atoms with van der Waals surface area (Å²) < 4.78 is 0. The van der Waals surface area contributed by atoms with E-state index < -0.39 is 0 Å². The molecule has 0 amide bonds. The van der Waals surface area contributed by atoms with Crippen molar-refractivity contribution in [1.82, 2.24) is 0 Å². The molecular weight excluding hydrogens is 192 g/mol. The van der Waals surface area contributed by atoms with Crippen LogP contribution in [-0.2, 0) is 4.79 Å². The van der Waals surface area contributed by atoms with Crippen molar-refractivity contribution >= 4 is 23.0 Å². The van der Waals surface area contributed by atoms with Gasteiger partial charge in [-0.25, -0.2) is 0 Å². The summed E-state index contributed by atoms with van der Waals surface area (Å²) in [7, 11) is 0. The molecular formula is C12H14OS. The van der Waals surface area contributed by atoms with E-state index >= 15 is 0 Å². The van der Waals surface area contributed by atoms with Gasteiger partial charge in [0, 0.05) is 10.8 Å². The number of hydrogen-bond acceptors (Lipinski definition) is 2. The van der Waals surface area contributed by atoms with Crippen molar-refractivity contribution in [3.05, 3.63) is 36.4 Å². The summed E-state index contributed by atoms with van der Waals surface area (Å²) in [5.74, 6) is 0.0825. The Kier molecular flexibility index (Phi) is 3.96. The molecule has 2 heteroatoms. The highest BCUT2D eigenvalue weighted by Crippen LogP contribution is 2.22. The lowest BCUT2D eigenvalue weighted by Gasteiger charge is -2.03. The Morgan fingerprint density at radius 3 is 2.36 bits per heavy atom. The zero-order valence-electron chi connectivity index (χ0n) is 8.49. The van der Waals surface area contributed by atoms with Gasteiger partial charge in [-0.05, 0) is 17.7 Å². The predicted octanol–water partition coefficient (Wildman–Crippen LogP) is 3.60. The van der Waals surface area contributed by atoms with Crippen LogP contribution in [0.3, 0.4) is 0 Å². The summed E-state index contributed by atoms with van der Waals surface area (Å²) in [6.07, 6.45) is 1.79. The first kappa shape index (κ1) is 11.1. The van der Waals surface area contributed by atoms with Crippen LogP contribution in [0.2, 0.25) is 0 Å². The molecule has 0 saturated heterocycles. The number of hydrogen-bond donors (Lipinski definition) is 0. The molecule has 0 aliphatic carbocycles. The van der Waals surface area contributed by atoms with Crippen molar-refractivity contribution in [2.24, 2.45) is 5.92 Å². The standard InChI is InChI=1S/C12H14OS/c1-4-10-5-7-11(8-6-10)14-12(13)9(2)3/h4-9H,1H2,2-3H3. The minimum Gasteiger partial charge on any atom is -0.287 e. The number of carbonyl (C=O) groups is 1. The second kappa shape index (κ2) is 5.01. The molecule has 0 unspecified atom stereocenters. The molecule has 0 heterocycles. The molecule has 0 spiro atoms. The third-order valence-corrected chi connectivity index (χ3v) is 2.99. The normalized spacial score (nSPS) is 10.2. The van der Waals surface area contributed by atoms with Gasteiger partial charge in [0.25, 0.3) is 0 Å². The molecule has 14 heavy (non-hydrogen) atoms. The Morgan fingerprint density at radius 2 is 1.93 bits per heavy atom. The third kappa shape index (κ3) is 3.04. The van der Waals surface area contributed by atoms with E-state index in [4.69, 9.17) is 0 Å². The van der Waals surface area contributed by atoms with E-state index in [1.165, 1.54) is 11.8 Å². The maximum atomic E-state index is 11.4. The second-order valence-corrected chi connectivity index (χ2v) is 4.43. The van der Waals surface area contributed by atoms with E-state index in [9.17, 15) is 4.79 Å². The summed E-state index contributed by atoms with van der Waals surface area (Å²) in [6.45, 7) is 7.50. The lowest BCUT2D eigenvalue weighted by Crippen LogP contribution is -2.00. The number of benzene rings is 1. The average molecular weight is 206 g/mol. The lowest BCUT2D eigenvalue weighted by molar-refractivity contribution is -0.113. The highest BCUT2D eigenvalue weighted by molar-refractivity contribution is 8.13. The van der Waals surface area contributed by atoms with E-state index in [0.29, 0.717) is 0 Å². The number of rotatable bonds is 3. The van der Waals surface area contributed by atoms with Crippen LogP contribution in [0.5, 0.6) is 0 Å². The summed E-state index contributed by atoms with van der Waals surface area (Å²) in [5.41, 5.74) is 1.08. The quantitative estimate of drug-likeness (QED) is 0.703. The van der Waals surface area contributed by atoms with Crippen molar-refractivity contribution in [1.29, 1.82) is 0 Å². The SMILES string of the molecule is C=Cc1ccc(SC(=O)C(C)C)cc1. The zero-order valence-corrected chi connectivity index (χ0v) is 9.30. The Bertz CT molecular complexity index is 325. The average Bonchev–Trinajstić information content (AvgIpc) is 2.19. The minimum atomic E-state index is 0.0825. The summed E-state index contributed by atoms with van der Waals surface area (Å²) in [4.78, 5) is 12.4. The van der Waals surface area contributed by atoms with Crippen LogP contribution >= 0.6 is 11.8 Å². The maximum Gasteiger partial charge on any atom is 0.196 e. The molecule has 0 N–H and O–H groups in total. The van der Waals surface area contributed by atoms with Crippen molar-refractivity contribution in [2.45, 2.75) is 18.7 Å². The molecule has 0 aliphatic heterocycles. The van der Waals surface area contributed by atoms with Crippen LogP contribution in [0.25, 0.3) is 6.08 Å². The van der Waals surface area contributed by atoms with Gasteiger partial charge in [0.2, 0.25) is 0 Å². The van der Waals surface area contributed by atoms with Crippen LogP contribution < -0.4 is 0 Å². The highest BCUT2D eigenvalue weighted by Gasteiger charge is 2.08. The molecule has 0 bridgehead atoms. The van der Waals surface area contributed by atoms with Crippen molar-refractivity contribution in [3.63, 3.8) is 0 Å². The largest absolute Gasteiger partial charge is 0.287 e. The van der Waals surface area contributed by atoms with Gasteiger partial charge in [-0.1, -0.05) is 50.4 Å². The number of thioether (sulfide) groups is 1. The Labute approximate surface area is 89.2 Å². The molecule has 0 saturated carbocycles. The monoisotopic (exact) mass is 206 g/mol. The first-order chi connectivity index (χ1) is 6.63. The summed E-state index contributed by atoms with van der Waals surface area (Å²) in [6, 6.07) is 7.82. The predicted molar refractivity (Wildman–Crippen MR) is 62.2 cm³/mol. The smallest absolute Gasteiger partial charge is 0.196 e. The molecule has 1 rings (SSSR count). The zero-order chi connectivity index (χ0) is 10.6. The Hall–Kier alpha value is -1.02. The van der Waals surface area contributed by atoms with Crippen LogP contribution in [0.4, 0.5) is 0 Å². The molecule has 0 aliphatic rings. The van der Waals surface area contributed by atoms with E-state index in [2.05, 4.69) is 6.58 Å². The molecule has 0 atom stereocenters. The van der Waals surface area contributed by atoms with Gasteiger partial charge in [-0.2, -0.15) is 0 Å². The second-order valence-electron chi connectivity index (χ2n) is 3.35. The fourth-order valence-corrected chi connectivity index (χ4v) is 1.65. The summed E-state index contributed by atoms with van der Waals surface area (Å²) >= 11 is 1.30.